The van der Waals surface area contributed by atoms with Gasteiger partial charge in [-0.2, -0.15) is 0 Å². The summed E-state index contributed by atoms with van der Waals surface area (Å²) in [6, 6.07) is 10.3. The van der Waals surface area contributed by atoms with Crippen LogP contribution in [0.15, 0.2) is 30.3 Å². The molecule has 0 saturated heterocycles. The van der Waals surface area contributed by atoms with Gasteiger partial charge in [0.25, 0.3) is 0 Å². The Bertz CT molecular complexity index is 275. The quantitative estimate of drug-likeness (QED) is 0.729. The molecule has 16 heavy (non-hydrogen) atoms. The number of rotatable bonds is 7. The van der Waals surface area contributed by atoms with E-state index in [1.807, 2.05) is 25.1 Å². The highest BCUT2D eigenvalue weighted by Crippen LogP contribution is 2.05. The van der Waals surface area contributed by atoms with Crippen molar-refractivity contribution < 1.29 is 5.11 Å². The summed E-state index contributed by atoms with van der Waals surface area (Å²) in [5.41, 5.74) is 6.88. The highest BCUT2D eigenvalue weighted by molar-refractivity contribution is 5.14. The SMILES string of the molecule is CC(O)CCN(CCN)Cc1ccccc1. The van der Waals surface area contributed by atoms with Crippen molar-refractivity contribution in [1.29, 1.82) is 0 Å². The lowest BCUT2D eigenvalue weighted by atomic mass is 10.2. The van der Waals surface area contributed by atoms with Crippen LogP contribution in [0.2, 0.25) is 0 Å². The molecule has 0 aliphatic rings. The van der Waals surface area contributed by atoms with E-state index in [2.05, 4.69) is 17.0 Å². The van der Waals surface area contributed by atoms with Crippen LogP contribution in [-0.2, 0) is 6.54 Å². The predicted octanol–water partition coefficient (Wildman–Crippen LogP) is 1.22. The van der Waals surface area contributed by atoms with E-state index in [1.165, 1.54) is 5.56 Å². The number of nitrogens with zero attached hydrogens (tertiary/aromatic N) is 1. The van der Waals surface area contributed by atoms with Crippen LogP contribution in [0.3, 0.4) is 0 Å². The summed E-state index contributed by atoms with van der Waals surface area (Å²) in [7, 11) is 0. The maximum Gasteiger partial charge on any atom is 0.0524 e. The zero-order chi connectivity index (χ0) is 11.8. The van der Waals surface area contributed by atoms with Crippen molar-refractivity contribution >= 4 is 0 Å². The van der Waals surface area contributed by atoms with E-state index in [9.17, 15) is 5.11 Å². The van der Waals surface area contributed by atoms with Crippen LogP contribution in [0.1, 0.15) is 18.9 Å². The van der Waals surface area contributed by atoms with Gasteiger partial charge in [0.05, 0.1) is 6.10 Å². The van der Waals surface area contributed by atoms with E-state index in [4.69, 9.17) is 5.73 Å². The molecule has 1 aromatic carbocycles. The first-order valence-electron chi connectivity index (χ1n) is 5.86. The fraction of sp³-hybridized carbons (Fsp3) is 0.538. The normalized spacial score (nSPS) is 13.0. The molecule has 3 heteroatoms. The van der Waals surface area contributed by atoms with Crippen LogP contribution in [0, 0.1) is 0 Å². The molecule has 1 unspecified atom stereocenters. The molecule has 0 bridgehead atoms. The summed E-state index contributed by atoms with van der Waals surface area (Å²) >= 11 is 0. The Hall–Kier alpha value is -0.900. The van der Waals surface area contributed by atoms with Gasteiger partial charge in [-0.1, -0.05) is 30.3 Å². The zero-order valence-electron chi connectivity index (χ0n) is 9.97. The largest absolute Gasteiger partial charge is 0.393 e. The van der Waals surface area contributed by atoms with Crippen molar-refractivity contribution in [3.63, 3.8) is 0 Å². The number of hydrogen-bond acceptors (Lipinski definition) is 3. The smallest absolute Gasteiger partial charge is 0.0524 e. The minimum Gasteiger partial charge on any atom is -0.393 e. The zero-order valence-corrected chi connectivity index (χ0v) is 9.97. The van der Waals surface area contributed by atoms with Crippen molar-refractivity contribution in [3.8, 4) is 0 Å². The summed E-state index contributed by atoms with van der Waals surface area (Å²) in [6.45, 7) is 5.16. The molecular weight excluding hydrogens is 200 g/mol. The van der Waals surface area contributed by atoms with Gasteiger partial charge in [0, 0.05) is 26.2 Å². The Morgan fingerprint density at radius 3 is 2.50 bits per heavy atom. The van der Waals surface area contributed by atoms with Gasteiger partial charge >= 0.3 is 0 Å². The molecule has 0 saturated carbocycles. The van der Waals surface area contributed by atoms with E-state index < -0.39 is 0 Å². The van der Waals surface area contributed by atoms with Gasteiger partial charge in [-0.25, -0.2) is 0 Å². The molecule has 0 aliphatic heterocycles. The van der Waals surface area contributed by atoms with Crippen molar-refractivity contribution in [2.45, 2.75) is 26.0 Å². The molecule has 0 fully saturated rings. The van der Waals surface area contributed by atoms with E-state index in [1.54, 1.807) is 0 Å². The third kappa shape index (κ3) is 5.26. The predicted molar refractivity (Wildman–Crippen MR) is 67.1 cm³/mol. The van der Waals surface area contributed by atoms with Crippen molar-refractivity contribution in [2.24, 2.45) is 5.73 Å². The molecule has 1 aromatic rings. The van der Waals surface area contributed by atoms with E-state index >= 15 is 0 Å². The molecule has 3 N–H and O–H groups in total. The molecule has 0 aliphatic carbocycles. The summed E-state index contributed by atoms with van der Waals surface area (Å²) in [4.78, 5) is 2.28. The topological polar surface area (TPSA) is 49.5 Å². The first-order valence-corrected chi connectivity index (χ1v) is 5.86. The van der Waals surface area contributed by atoms with Gasteiger partial charge in [-0.3, -0.25) is 4.90 Å². The summed E-state index contributed by atoms with van der Waals surface area (Å²) in [6.07, 6.45) is 0.559. The van der Waals surface area contributed by atoms with Gasteiger partial charge < -0.3 is 10.8 Å². The van der Waals surface area contributed by atoms with Crippen LogP contribution < -0.4 is 5.73 Å². The average Bonchev–Trinajstić information content (AvgIpc) is 2.27. The van der Waals surface area contributed by atoms with Crippen molar-refractivity contribution in [1.82, 2.24) is 4.90 Å². The van der Waals surface area contributed by atoms with Gasteiger partial charge in [0.2, 0.25) is 0 Å². The van der Waals surface area contributed by atoms with Gasteiger partial charge in [0.1, 0.15) is 0 Å². The molecule has 0 spiro atoms. The van der Waals surface area contributed by atoms with E-state index in [-0.39, 0.29) is 6.10 Å². The minimum absolute atomic E-state index is 0.240. The van der Waals surface area contributed by atoms with Gasteiger partial charge in [-0.05, 0) is 18.9 Å². The molecule has 3 nitrogen and oxygen atoms in total. The maximum absolute atomic E-state index is 9.28. The number of hydrogen-bond donors (Lipinski definition) is 2. The van der Waals surface area contributed by atoms with Crippen molar-refractivity contribution in [3.05, 3.63) is 35.9 Å². The first kappa shape index (κ1) is 13.2. The fourth-order valence-corrected chi connectivity index (χ4v) is 1.66. The van der Waals surface area contributed by atoms with E-state index in [0.29, 0.717) is 6.54 Å². The number of aliphatic hydroxyl groups is 1. The Labute approximate surface area is 97.9 Å². The van der Waals surface area contributed by atoms with Crippen LogP contribution in [-0.4, -0.2) is 35.7 Å². The van der Waals surface area contributed by atoms with Gasteiger partial charge in [-0.15, -0.1) is 0 Å². The lowest BCUT2D eigenvalue weighted by Gasteiger charge is -2.22. The van der Waals surface area contributed by atoms with Crippen LogP contribution in [0.25, 0.3) is 0 Å². The van der Waals surface area contributed by atoms with E-state index in [0.717, 1.165) is 26.1 Å². The third-order valence-corrected chi connectivity index (χ3v) is 2.56. The Morgan fingerprint density at radius 1 is 1.25 bits per heavy atom. The lowest BCUT2D eigenvalue weighted by molar-refractivity contribution is 0.154. The standard InChI is InChI=1S/C13H22N2O/c1-12(16)7-9-15(10-8-14)11-13-5-3-2-4-6-13/h2-6,12,16H,7-11,14H2,1H3. The third-order valence-electron chi connectivity index (χ3n) is 2.56. The van der Waals surface area contributed by atoms with Crippen molar-refractivity contribution in [2.75, 3.05) is 19.6 Å². The van der Waals surface area contributed by atoms with Crippen LogP contribution >= 0.6 is 0 Å². The highest BCUT2D eigenvalue weighted by Gasteiger charge is 2.06. The summed E-state index contributed by atoms with van der Waals surface area (Å²) < 4.78 is 0. The molecule has 90 valence electrons. The first-order chi connectivity index (χ1) is 7.72. The van der Waals surface area contributed by atoms with Gasteiger partial charge in [0.15, 0.2) is 0 Å². The highest BCUT2D eigenvalue weighted by atomic mass is 16.3. The second kappa shape index (κ2) is 7.39. The number of aliphatic hydroxyl groups excluding tert-OH is 1. The molecule has 1 rings (SSSR count). The fourth-order valence-electron chi connectivity index (χ4n) is 1.66. The summed E-state index contributed by atoms with van der Waals surface area (Å²) in [5.74, 6) is 0. The average molecular weight is 222 g/mol. The molecular formula is C13H22N2O. The Kier molecular flexibility index (Phi) is 6.08. The Morgan fingerprint density at radius 2 is 1.94 bits per heavy atom. The molecule has 0 radical (unpaired) electrons. The Balaban J connectivity index is 2.44. The van der Waals surface area contributed by atoms with Crippen LogP contribution in [0.4, 0.5) is 0 Å². The second-order valence-electron chi connectivity index (χ2n) is 4.19. The molecule has 0 aromatic heterocycles. The molecule has 1 atom stereocenters. The number of benzene rings is 1. The maximum atomic E-state index is 9.28. The lowest BCUT2D eigenvalue weighted by Crippen LogP contribution is -2.31. The molecule has 0 amide bonds. The van der Waals surface area contributed by atoms with Crippen LogP contribution in [0.5, 0.6) is 0 Å². The summed E-state index contributed by atoms with van der Waals surface area (Å²) in [5, 5.41) is 9.28. The molecule has 0 heterocycles. The minimum atomic E-state index is -0.240. The number of nitrogens with two attached hydrogens (primary N) is 1. The monoisotopic (exact) mass is 222 g/mol. The second-order valence-corrected chi connectivity index (χ2v) is 4.19.